The number of aromatic nitrogens is 4. The number of rotatable bonds is 6. The summed E-state index contributed by atoms with van der Waals surface area (Å²) in [7, 11) is 1.89. The molecule has 0 bridgehead atoms. The zero-order valence-electron chi connectivity index (χ0n) is 19.7. The first kappa shape index (κ1) is 21.9. The molecular formula is C24H34N8O. The molecule has 1 aliphatic carbocycles. The van der Waals surface area contributed by atoms with E-state index in [1.165, 1.54) is 0 Å². The Morgan fingerprint density at radius 3 is 2.82 bits per heavy atom. The molecule has 1 saturated carbocycles. The lowest BCUT2D eigenvalue weighted by atomic mass is 9.76. The van der Waals surface area contributed by atoms with Crippen molar-refractivity contribution < 1.29 is 4.79 Å². The first-order valence-corrected chi connectivity index (χ1v) is 11.9. The number of amides is 1. The summed E-state index contributed by atoms with van der Waals surface area (Å²) in [6, 6.07) is 0.194. The van der Waals surface area contributed by atoms with E-state index in [9.17, 15) is 4.79 Å². The number of anilines is 1. The van der Waals surface area contributed by atoms with E-state index in [1.54, 1.807) is 15.6 Å². The molecule has 3 aliphatic rings. The van der Waals surface area contributed by atoms with Gasteiger partial charge in [-0.25, -0.2) is 4.68 Å². The molecule has 176 valence electrons. The molecule has 0 spiro atoms. The number of carbonyl (C=O) groups excluding carboxylic acids is 1. The van der Waals surface area contributed by atoms with E-state index < -0.39 is 0 Å². The van der Waals surface area contributed by atoms with Gasteiger partial charge in [-0.05, 0) is 44.9 Å². The summed E-state index contributed by atoms with van der Waals surface area (Å²) in [6.07, 6.45) is 10.9. The maximum Gasteiger partial charge on any atom is 0.239 e. The van der Waals surface area contributed by atoms with Crippen LogP contribution in [-0.4, -0.2) is 66.9 Å². The first-order chi connectivity index (χ1) is 15.8. The molecule has 9 heteroatoms. The minimum absolute atomic E-state index is 0.129. The van der Waals surface area contributed by atoms with E-state index in [-0.39, 0.29) is 17.5 Å². The Labute approximate surface area is 194 Å². The largest absolute Gasteiger partial charge is 0.363 e. The van der Waals surface area contributed by atoms with Gasteiger partial charge in [0.25, 0.3) is 0 Å². The van der Waals surface area contributed by atoms with Crippen LogP contribution in [0.2, 0.25) is 0 Å². The van der Waals surface area contributed by atoms with Crippen LogP contribution in [0.15, 0.2) is 31.2 Å². The summed E-state index contributed by atoms with van der Waals surface area (Å²) < 4.78 is 3.46. The molecule has 4 heterocycles. The van der Waals surface area contributed by atoms with Gasteiger partial charge in [-0.3, -0.25) is 14.9 Å². The summed E-state index contributed by atoms with van der Waals surface area (Å²) in [5.74, 6) is 2.30. The molecule has 5 rings (SSSR count). The number of nitrogens with one attached hydrogen (secondary N) is 3. The predicted molar refractivity (Wildman–Crippen MR) is 128 cm³/mol. The lowest BCUT2D eigenvalue weighted by molar-refractivity contribution is -0.134. The normalized spacial score (nSPS) is 30.9. The molecule has 2 fully saturated rings. The monoisotopic (exact) mass is 450 g/mol. The fourth-order valence-electron chi connectivity index (χ4n) is 5.61. The van der Waals surface area contributed by atoms with Gasteiger partial charge in [0.15, 0.2) is 0 Å². The molecule has 0 radical (unpaired) electrons. The van der Waals surface area contributed by atoms with Crippen molar-refractivity contribution in [2.24, 2.45) is 18.9 Å². The molecule has 5 atom stereocenters. The van der Waals surface area contributed by atoms with Crippen LogP contribution in [0.3, 0.4) is 0 Å². The van der Waals surface area contributed by atoms with E-state index >= 15 is 0 Å². The van der Waals surface area contributed by atoms with Crippen LogP contribution in [0.1, 0.15) is 39.5 Å². The average Bonchev–Trinajstić information content (AvgIpc) is 3.24. The van der Waals surface area contributed by atoms with Crippen molar-refractivity contribution in [3.8, 4) is 11.1 Å². The number of aryl methyl sites for hydroxylation is 1. The molecule has 1 amide bonds. The highest BCUT2D eigenvalue weighted by molar-refractivity contribution is 5.92. The van der Waals surface area contributed by atoms with Crippen LogP contribution < -0.4 is 10.6 Å². The molecule has 2 aliphatic heterocycles. The second-order valence-corrected chi connectivity index (χ2v) is 9.95. The maximum absolute atomic E-state index is 13.2. The Kier molecular flexibility index (Phi) is 5.39. The quantitative estimate of drug-likeness (QED) is 0.587. The molecule has 1 saturated heterocycles. The van der Waals surface area contributed by atoms with Crippen molar-refractivity contribution in [1.82, 2.24) is 29.8 Å². The van der Waals surface area contributed by atoms with Gasteiger partial charge in [0.1, 0.15) is 11.7 Å². The molecule has 3 N–H and O–H groups in total. The van der Waals surface area contributed by atoms with Crippen molar-refractivity contribution >= 4 is 17.6 Å². The lowest BCUT2D eigenvalue weighted by Gasteiger charge is -2.45. The Morgan fingerprint density at radius 2 is 2.21 bits per heavy atom. The van der Waals surface area contributed by atoms with Crippen LogP contribution in [0, 0.1) is 17.2 Å². The lowest BCUT2D eigenvalue weighted by Crippen LogP contribution is -2.58. The van der Waals surface area contributed by atoms with E-state index in [4.69, 9.17) is 5.41 Å². The Morgan fingerprint density at radius 1 is 1.39 bits per heavy atom. The summed E-state index contributed by atoms with van der Waals surface area (Å²) in [4.78, 5) is 15.2. The van der Waals surface area contributed by atoms with Gasteiger partial charge in [0.05, 0.1) is 18.4 Å². The number of hydrogen-bond acceptors (Lipinski definition) is 6. The summed E-state index contributed by atoms with van der Waals surface area (Å²) in [5.41, 5.74) is 1.64. The van der Waals surface area contributed by atoms with Crippen molar-refractivity contribution in [2.75, 3.05) is 18.4 Å². The highest BCUT2D eigenvalue weighted by Crippen LogP contribution is 2.40. The SMILES string of the molecule is C=CC1CC1N(CC)C(=O)C1CCC(C2(C)CC(=N)n3ncc(-c4cnn(C)c4)c3N2)CN1. The minimum Gasteiger partial charge on any atom is -0.363 e. The number of fused-ring (bicyclic) bond motifs is 1. The van der Waals surface area contributed by atoms with Gasteiger partial charge < -0.3 is 15.5 Å². The van der Waals surface area contributed by atoms with E-state index in [1.807, 2.05) is 30.4 Å². The van der Waals surface area contributed by atoms with E-state index in [2.05, 4.69) is 41.3 Å². The van der Waals surface area contributed by atoms with Crippen molar-refractivity contribution in [1.29, 1.82) is 5.41 Å². The fourth-order valence-corrected chi connectivity index (χ4v) is 5.61. The number of nitrogens with zero attached hydrogens (tertiary/aromatic N) is 5. The third-order valence-electron chi connectivity index (χ3n) is 7.72. The van der Waals surface area contributed by atoms with Crippen LogP contribution >= 0.6 is 0 Å². The maximum atomic E-state index is 13.2. The minimum atomic E-state index is -0.292. The molecule has 5 unspecified atom stereocenters. The van der Waals surface area contributed by atoms with Crippen LogP contribution in [0.5, 0.6) is 0 Å². The predicted octanol–water partition coefficient (Wildman–Crippen LogP) is 2.47. The third kappa shape index (κ3) is 3.78. The zero-order valence-corrected chi connectivity index (χ0v) is 19.7. The van der Waals surface area contributed by atoms with Gasteiger partial charge in [-0.15, -0.1) is 6.58 Å². The second kappa shape index (κ2) is 8.13. The smallest absolute Gasteiger partial charge is 0.239 e. The Bertz CT molecular complexity index is 1080. The molecule has 2 aromatic rings. The standard InChI is InChI=1S/C24H34N8O/c1-5-15-9-20(15)31(6-2)23(33)19-8-7-17(12-26-19)24(3)10-21(25)32-22(29-24)18(13-28-32)16-11-27-30(4)14-16/h5,11,13-15,17,19-20,25-26,29H,1,6-10,12H2,2-4H3. The second-order valence-electron chi connectivity index (χ2n) is 9.95. The number of piperidine rings is 1. The molecule has 0 aromatic carbocycles. The van der Waals surface area contributed by atoms with Crippen LogP contribution in [0.4, 0.5) is 5.82 Å². The van der Waals surface area contributed by atoms with Gasteiger partial charge in [0, 0.05) is 55.5 Å². The Balaban J connectivity index is 1.29. The molecule has 2 aromatic heterocycles. The van der Waals surface area contributed by atoms with E-state index in [0.717, 1.165) is 49.3 Å². The van der Waals surface area contributed by atoms with Crippen molar-refractivity contribution in [2.45, 2.75) is 57.2 Å². The summed E-state index contributed by atoms with van der Waals surface area (Å²) >= 11 is 0. The van der Waals surface area contributed by atoms with Crippen molar-refractivity contribution in [3.05, 3.63) is 31.2 Å². The van der Waals surface area contributed by atoms with Crippen molar-refractivity contribution in [3.63, 3.8) is 0 Å². The number of carbonyl (C=O) groups is 1. The van der Waals surface area contributed by atoms with Gasteiger partial charge in [-0.1, -0.05) is 6.08 Å². The average molecular weight is 451 g/mol. The van der Waals surface area contributed by atoms with E-state index in [0.29, 0.717) is 30.1 Å². The highest BCUT2D eigenvalue weighted by atomic mass is 16.2. The summed E-state index contributed by atoms with van der Waals surface area (Å²) in [5, 5.41) is 24.7. The molecular weight excluding hydrogens is 416 g/mol. The van der Waals surface area contributed by atoms with Crippen LogP contribution in [-0.2, 0) is 11.8 Å². The molecule has 9 nitrogen and oxygen atoms in total. The summed E-state index contributed by atoms with van der Waals surface area (Å²) in [6.45, 7) is 9.63. The topological polar surface area (TPSA) is 104 Å². The fraction of sp³-hybridized carbons (Fsp3) is 0.583. The van der Waals surface area contributed by atoms with Gasteiger partial charge in [-0.2, -0.15) is 10.2 Å². The van der Waals surface area contributed by atoms with Gasteiger partial charge in [0.2, 0.25) is 5.91 Å². The zero-order chi connectivity index (χ0) is 23.3. The van der Waals surface area contributed by atoms with Crippen LogP contribution in [0.25, 0.3) is 11.1 Å². The third-order valence-corrected chi connectivity index (χ3v) is 7.72. The van der Waals surface area contributed by atoms with Gasteiger partial charge >= 0.3 is 0 Å². The first-order valence-electron chi connectivity index (χ1n) is 11.9. The Hall–Kier alpha value is -2.94. The highest BCUT2D eigenvalue weighted by Gasteiger charge is 2.46. The number of likely N-dealkylation sites (N-methyl/N-ethyl adjacent to an activating group) is 1. The molecule has 33 heavy (non-hydrogen) atoms. The number of hydrogen-bond donors (Lipinski definition) is 3.